The number of hydrogen-bond donors (Lipinski definition) is 2. The maximum Gasteiger partial charge on any atom is 0.341 e. The fraction of sp³-hybridized carbons (Fsp3) is 0.229. The minimum absolute atomic E-state index is 0.00283. The first-order valence-corrected chi connectivity index (χ1v) is 14.7. The van der Waals surface area contributed by atoms with E-state index in [2.05, 4.69) is 15.3 Å². The Kier molecular flexibility index (Phi) is 10.2. The number of rotatable bonds is 12. The summed E-state index contributed by atoms with van der Waals surface area (Å²) < 4.78 is 25.8. The Morgan fingerprint density at radius 3 is 2.43 bits per heavy atom. The molecular weight excluding hydrogens is 605 g/mol. The molecular formula is C35H34FN5O6. The fourth-order valence-corrected chi connectivity index (χ4v) is 5.09. The standard InChI is InChI=1S/C35H34FN5O6/c1-40(2)34(44)30(15-26-18-41(20-38-26)21-47-19-23-7-5-4-6-8-23)39-33(43)28-16-29(35(45)46-3)32(42)31-27(28)14-24(17-37-31)13-22-9-11-25(36)12-10-22/h4-12,14,16-18,20,30,42H,13,15,19,21H2,1-3H3,(H,39,43)/t30-/m0/s1. The summed E-state index contributed by atoms with van der Waals surface area (Å²) in [6, 6.07) is 17.6. The summed E-state index contributed by atoms with van der Waals surface area (Å²) in [5.41, 5.74) is 2.80. The zero-order chi connectivity index (χ0) is 33.5. The molecule has 0 aliphatic heterocycles. The molecule has 2 heterocycles. The molecule has 2 amide bonds. The third kappa shape index (κ3) is 7.97. The molecule has 0 saturated carbocycles. The number of pyridine rings is 1. The Morgan fingerprint density at radius 2 is 1.72 bits per heavy atom. The van der Waals surface area contributed by atoms with Gasteiger partial charge in [0.25, 0.3) is 5.91 Å². The van der Waals surface area contributed by atoms with Crippen molar-refractivity contribution in [3.63, 3.8) is 0 Å². The number of nitrogens with one attached hydrogen (secondary N) is 1. The largest absolute Gasteiger partial charge is 0.505 e. The number of amides is 2. The number of fused-ring (bicyclic) bond motifs is 1. The average molecular weight is 640 g/mol. The van der Waals surface area contributed by atoms with E-state index in [1.165, 1.54) is 29.3 Å². The summed E-state index contributed by atoms with van der Waals surface area (Å²) in [7, 11) is 4.31. The van der Waals surface area contributed by atoms with Gasteiger partial charge >= 0.3 is 5.97 Å². The number of aromatic hydroxyl groups is 1. The first-order chi connectivity index (χ1) is 22.6. The Morgan fingerprint density at radius 1 is 0.979 bits per heavy atom. The van der Waals surface area contributed by atoms with E-state index in [9.17, 15) is 23.9 Å². The van der Waals surface area contributed by atoms with Crippen molar-refractivity contribution in [3.8, 4) is 5.75 Å². The lowest BCUT2D eigenvalue weighted by atomic mass is 9.98. The molecule has 0 saturated heterocycles. The molecule has 47 heavy (non-hydrogen) atoms. The number of phenols is 1. The molecule has 2 aromatic heterocycles. The van der Waals surface area contributed by atoms with Gasteiger partial charge in [-0.25, -0.2) is 14.2 Å². The molecule has 0 unspecified atom stereocenters. The number of imidazole rings is 1. The Labute approximate surface area is 270 Å². The van der Waals surface area contributed by atoms with Crippen molar-refractivity contribution in [2.75, 3.05) is 21.2 Å². The number of aromatic nitrogens is 3. The van der Waals surface area contributed by atoms with Gasteiger partial charge < -0.3 is 29.4 Å². The van der Waals surface area contributed by atoms with Gasteiger partial charge in [-0.05, 0) is 47.4 Å². The summed E-state index contributed by atoms with van der Waals surface area (Å²) in [6.07, 6.45) is 5.27. The smallest absolute Gasteiger partial charge is 0.341 e. The van der Waals surface area contributed by atoms with Crippen LogP contribution in [0.5, 0.6) is 5.75 Å². The van der Waals surface area contributed by atoms with Gasteiger partial charge in [-0.1, -0.05) is 42.5 Å². The van der Waals surface area contributed by atoms with Gasteiger partial charge in [-0.2, -0.15) is 0 Å². The van der Waals surface area contributed by atoms with Crippen molar-refractivity contribution in [2.24, 2.45) is 0 Å². The molecule has 0 spiro atoms. The van der Waals surface area contributed by atoms with E-state index in [-0.39, 0.29) is 46.9 Å². The SMILES string of the molecule is COC(=O)c1cc(C(=O)N[C@@H](Cc2cn(COCc3ccccc3)cn2)C(=O)N(C)C)c2cc(Cc3ccc(F)cc3)cnc2c1O. The molecule has 11 nitrogen and oxygen atoms in total. The van der Waals surface area contributed by atoms with Crippen LogP contribution in [0.1, 0.15) is 43.1 Å². The number of methoxy groups -OCH3 is 1. The highest BCUT2D eigenvalue weighted by atomic mass is 19.1. The zero-order valence-electron chi connectivity index (χ0n) is 26.1. The van der Waals surface area contributed by atoms with Crippen LogP contribution < -0.4 is 5.32 Å². The minimum Gasteiger partial charge on any atom is -0.505 e. The quantitative estimate of drug-likeness (QED) is 0.194. The lowest BCUT2D eigenvalue weighted by Crippen LogP contribution is -2.47. The maximum absolute atomic E-state index is 13.9. The van der Waals surface area contributed by atoms with E-state index >= 15 is 0 Å². The topological polar surface area (TPSA) is 136 Å². The van der Waals surface area contributed by atoms with Gasteiger partial charge in [-0.15, -0.1) is 0 Å². The number of ether oxygens (including phenoxy) is 2. The number of phenolic OH excluding ortho intramolecular Hbond substituents is 1. The number of benzene rings is 3. The molecule has 0 aliphatic rings. The highest BCUT2D eigenvalue weighted by molar-refractivity contribution is 6.12. The van der Waals surface area contributed by atoms with Crippen LogP contribution in [0.3, 0.4) is 0 Å². The van der Waals surface area contributed by atoms with Crippen LogP contribution in [0.15, 0.2) is 85.5 Å². The van der Waals surface area contributed by atoms with Crippen molar-refractivity contribution < 1.29 is 33.4 Å². The zero-order valence-corrected chi connectivity index (χ0v) is 26.1. The average Bonchev–Trinajstić information content (AvgIpc) is 3.52. The number of esters is 1. The summed E-state index contributed by atoms with van der Waals surface area (Å²) in [4.78, 5) is 49.9. The first-order valence-electron chi connectivity index (χ1n) is 14.7. The second-order valence-electron chi connectivity index (χ2n) is 11.2. The molecule has 3 aromatic carbocycles. The van der Waals surface area contributed by atoms with Gasteiger partial charge in [0.1, 0.15) is 29.7 Å². The minimum atomic E-state index is -1.02. The highest BCUT2D eigenvalue weighted by Gasteiger charge is 2.28. The lowest BCUT2D eigenvalue weighted by molar-refractivity contribution is -0.130. The van der Waals surface area contributed by atoms with Gasteiger partial charge in [0.2, 0.25) is 5.91 Å². The normalized spacial score (nSPS) is 11.7. The number of carbonyl (C=O) groups excluding carboxylic acids is 3. The van der Waals surface area contributed by atoms with Gasteiger partial charge in [0, 0.05) is 43.9 Å². The fourth-order valence-electron chi connectivity index (χ4n) is 5.09. The van der Waals surface area contributed by atoms with E-state index in [0.717, 1.165) is 18.2 Å². The van der Waals surface area contributed by atoms with Crippen molar-refractivity contribution in [1.82, 2.24) is 24.8 Å². The number of carbonyl (C=O) groups is 3. The Bertz CT molecular complexity index is 1890. The van der Waals surface area contributed by atoms with Crippen LogP contribution in [-0.2, 0) is 40.4 Å². The second-order valence-corrected chi connectivity index (χ2v) is 11.2. The highest BCUT2D eigenvalue weighted by Crippen LogP contribution is 2.32. The van der Waals surface area contributed by atoms with Crippen molar-refractivity contribution in [3.05, 3.63) is 125 Å². The van der Waals surface area contributed by atoms with Gasteiger partial charge in [0.15, 0.2) is 5.75 Å². The van der Waals surface area contributed by atoms with Gasteiger partial charge in [0.05, 0.1) is 25.7 Å². The maximum atomic E-state index is 13.9. The summed E-state index contributed by atoms with van der Waals surface area (Å²) in [6.45, 7) is 0.657. The molecule has 242 valence electrons. The van der Waals surface area contributed by atoms with Crippen LogP contribution in [0.2, 0.25) is 0 Å². The summed E-state index contributed by atoms with van der Waals surface area (Å²) in [5, 5.41) is 14.0. The molecule has 0 radical (unpaired) electrons. The predicted molar refractivity (Wildman–Crippen MR) is 171 cm³/mol. The van der Waals surface area contributed by atoms with E-state index in [1.54, 1.807) is 49.4 Å². The number of halogens is 1. The predicted octanol–water partition coefficient (Wildman–Crippen LogP) is 4.26. The molecule has 0 fully saturated rings. The third-order valence-electron chi connectivity index (χ3n) is 7.47. The van der Waals surface area contributed by atoms with E-state index in [0.29, 0.717) is 24.3 Å². The van der Waals surface area contributed by atoms with Crippen molar-refractivity contribution in [1.29, 1.82) is 0 Å². The van der Waals surface area contributed by atoms with Crippen molar-refractivity contribution in [2.45, 2.75) is 32.2 Å². The summed E-state index contributed by atoms with van der Waals surface area (Å²) in [5.74, 6) is -2.73. The monoisotopic (exact) mass is 639 g/mol. The van der Waals surface area contributed by atoms with E-state index < -0.39 is 23.7 Å². The molecule has 0 bridgehead atoms. The molecule has 5 aromatic rings. The Balaban J connectivity index is 1.41. The van der Waals surface area contributed by atoms with Gasteiger partial charge in [-0.3, -0.25) is 14.6 Å². The molecule has 1 atom stereocenters. The number of hydrogen-bond acceptors (Lipinski definition) is 8. The van der Waals surface area contributed by atoms with Crippen molar-refractivity contribution >= 4 is 28.7 Å². The van der Waals surface area contributed by atoms with Crippen LogP contribution in [-0.4, -0.2) is 69.6 Å². The molecule has 12 heteroatoms. The van der Waals surface area contributed by atoms with E-state index in [1.807, 2.05) is 30.3 Å². The van der Waals surface area contributed by atoms with Crippen LogP contribution in [0.4, 0.5) is 4.39 Å². The van der Waals surface area contributed by atoms with Crippen LogP contribution in [0, 0.1) is 5.82 Å². The lowest BCUT2D eigenvalue weighted by Gasteiger charge is -2.22. The summed E-state index contributed by atoms with van der Waals surface area (Å²) >= 11 is 0. The molecule has 5 rings (SSSR count). The number of nitrogens with zero attached hydrogens (tertiary/aromatic N) is 4. The van der Waals surface area contributed by atoms with Crippen LogP contribution >= 0.6 is 0 Å². The Hall–Kier alpha value is -5.62. The van der Waals surface area contributed by atoms with Crippen LogP contribution in [0.25, 0.3) is 10.9 Å². The molecule has 2 N–H and O–H groups in total. The number of likely N-dealkylation sites (N-methyl/N-ethyl adjacent to an activating group) is 1. The third-order valence-corrected chi connectivity index (χ3v) is 7.47. The molecule has 0 aliphatic carbocycles. The first kappa shape index (κ1) is 32.8. The van der Waals surface area contributed by atoms with E-state index in [4.69, 9.17) is 9.47 Å². The second kappa shape index (κ2) is 14.6.